The van der Waals surface area contributed by atoms with Crippen molar-refractivity contribution in [1.82, 2.24) is 5.32 Å². The summed E-state index contributed by atoms with van der Waals surface area (Å²) in [6, 6.07) is 0. The summed E-state index contributed by atoms with van der Waals surface area (Å²) in [6.45, 7) is 22.1. The first-order chi connectivity index (χ1) is 9.31. The van der Waals surface area contributed by atoms with E-state index in [4.69, 9.17) is 0 Å². The zero-order valence-electron chi connectivity index (χ0n) is 15.7. The van der Waals surface area contributed by atoms with E-state index >= 15 is 0 Å². The van der Waals surface area contributed by atoms with Crippen LogP contribution in [0.25, 0.3) is 0 Å². The summed E-state index contributed by atoms with van der Waals surface area (Å²) >= 11 is 0. The predicted octanol–water partition coefficient (Wildman–Crippen LogP) is 4.22. The normalized spacial score (nSPS) is 12.4. The minimum atomic E-state index is -0.252. The van der Waals surface area contributed by atoms with Gasteiger partial charge < -0.3 is 24.0 Å². The van der Waals surface area contributed by atoms with Crippen LogP contribution >= 0.6 is 0 Å². The molecule has 0 bridgehead atoms. The molecule has 1 amide bonds. The maximum Gasteiger partial charge on any atom is 0.216 e. The maximum absolute atomic E-state index is 11.8. The Balaban J connectivity index is -0.000000348. The Morgan fingerprint density at radius 1 is 1.09 bits per heavy atom. The van der Waals surface area contributed by atoms with Crippen LogP contribution in [-0.2, 0) is 42.3 Å². The molecule has 0 spiro atoms. The summed E-state index contributed by atoms with van der Waals surface area (Å²) in [5.74, 6) is 0.237. The van der Waals surface area contributed by atoms with E-state index in [1.165, 1.54) is 6.92 Å². The van der Waals surface area contributed by atoms with Gasteiger partial charge in [0.2, 0.25) is 5.91 Å². The van der Waals surface area contributed by atoms with Crippen LogP contribution in [0.4, 0.5) is 0 Å². The molecule has 0 aromatic heterocycles. The Kier molecular flexibility index (Phi) is 15.6. The van der Waals surface area contributed by atoms with Crippen molar-refractivity contribution in [2.24, 2.45) is 16.7 Å². The summed E-state index contributed by atoms with van der Waals surface area (Å²) in [4.78, 5) is 22.0. The van der Waals surface area contributed by atoms with Gasteiger partial charge in [-0.2, -0.15) is 6.42 Å². The summed E-state index contributed by atoms with van der Waals surface area (Å²) in [6.07, 6.45) is 2.73. The largest absolute Gasteiger partial charge is 0.356 e. The summed E-state index contributed by atoms with van der Waals surface area (Å²) < 4.78 is 0. The molecule has 0 aromatic rings. The third kappa shape index (κ3) is 18.3. The zero-order valence-corrected chi connectivity index (χ0v) is 18.6. The van der Waals surface area contributed by atoms with Gasteiger partial charge in [0, 0.05) is 51.6 Å². The first-order valence-electron chi connectivity index (χ1n) is 7.72. The van der Waals surface area contributed by atoms with Crippen molar-refractivity contribution in [2.45, 2.75) is 67.7 Å². The average Bonchev–Trinajstić information content (AvgIpc) is 2.25. The van der Waals surface area contributed by atoms with Crippen LogP contribution in [0.15, 0.2) is 0 Å². The Bertz CT molecular complexity index is 314. The molecule has 0 aliphatic heterocycles. The van der Waals surface area contributed by atoms with Gasteiger partial charge in [-0.3, -0.25) is 4.79 Å². The van der Waals surface area contributed by atoms with E-state index < -0.39 is 0 Å². The fraction of sp³-hybridized carbons (Fsp3) is 0.778. The van der Waals surface area contributed by atoms with Gasteiger partial charge in [-0.1, -0.05) is 54.4 Å². The van der Waals surface area contributed by atoms with E-state index in [0.717, 1.165) is 25.8 Å². The average molecular weight is 386 g/mol. The van der Waals surface area contributed by atoms with E-state index in [1.54, 1.807) is 0 Å². The molecule has 3 nitrogen and oxygen atoms in total. The van der Waals surface area contributed by atoms with Crippen LogP contribution in [0.3, 0.4) is 0 Å². The monoisotopic (exact) mass is 386 g/mol. The van der Waals surface area contributed by atoms with Gasteiger partial charge in [-0.15, -0.1) is 5.92 Å². The van der Waals surface area contributed by atoms with Gasteiger partial charge >= 0.3 is 0 Å². The second-order valence-electron chi connectivity index (χ2n) is 7.77. The van der Waals surface area contributed by atoms with Crippen molar-refractivity contribution in [2.75, 3.05) is 6.54 Å². The summed E-state index contributed by atoms with van der Waals surface area (Å²) in [7, 11) is 0. The number of amides is 1. The number of ketones is 1. The molecule has 1 unspecified atom stereocenters. The van der Waals surface area contributed by atoms with Gasteiger partial charge in [0.05, 0.1) is 0 Å². The molecule has 1 atom stereocenters. The van der Waals surface area contributed by atoms with E-state index in [9.17, 15) is 9.59 Å². The number of carbonyl (C=O) groups is 2. The first kappa shape index (κ1) is 27.1. The van der Waals surface area contributed by atoms with Crippen molar-refractivity contribution in [1.29, 1.82) is 0 Å². The van der Waals surface area contributed by atoms with Gasteiger partial charge in [0.15, 0.2) is 0 Å². The van der Waals surface area contributed by atoms with Crippen LogP contribution < -0.4 is 5.32 Å². The van der Waals surface area contributed by atoms with Crippen LogP contribution in [-0.4, -0.2) is 18.2 Å². The molecule has 0 heterocycles. The third-order valence-electron chi connectivity index (χ3n) is 2.77. The third-order valence-corrected chi connectivity index (χ3v) is 2.77. The van der Waals surface area contributed by atoms with Gasteiger partial charge in [-0.25, -0.2) is 0 Å². The maximum atomic E-state index is 11.8. The quantitative estimate of drug-likeness (QED) is 0.568. The second kappa shape index (κ2) is 12.6. The molecule has 0 fully saturated rings. The van der Waals surface area contributed by atoms with Gasteiger partial charge in [0.1, 0.15) is 5.78 Å². The number of unbranched alkanes of at least 4 members (excludes halogenated alkanes) is 1. The molecule has 1 N–H and O–H groups in total. The van der Waals surface area contributed by atoms with Crippen LogP contribution in [0, 0.1) is 30.6 Å². The van der Waals surface area contributed by atoms with Crippen molar-refractivity contribution >= 4 is 11.7 Å². The molecule has 0 aliphatic rings. The molecule has 22 heavy (non-hydrogen) atoms. The molecule has 0 rings (SSSR count). The molecular formula is C18H35NO2Y-2. The Labute approximate surface area is 163 Å². The fourth-order valence-corrected chi connectivity index (χ4v) is 1.83. The number of hydrogen-bond acceptors (Lipinski definition) is 2. The predicted molar refractivity (Wildman–Crippen MR) is 90.7 cm³/mol. The summed E-state index contributed by atoms with van der Waals surface area (Å²) in [5.41, 5.74) is -0.0645. The zero-order chi connectivity index (χ0) is 17.3. The van der Waals surface area contributed by atoms with Crippen molar-refractivity contribution in [3.05, 3.63) is 13.8 Å². The Morgan fingerprint density at radius 2 is 1.55 bits per heavy atom. The van der Waals surface area contributed by atoms with Crippen molar-refractivity contribution in [3.63, 3.8) is 0 Å². The second-order valence-corrected chi connectivity index (χ2v) is 7.77. The number of Topliss-reactive ketones (excluding diaryl/α,β-unsaturated/α-hetero) is 1. The summed E-state index contributed by atoms with van der Waals surface area (Å²) in [5, 5.41) is 2.67. The van der Waals surface area contributed by atoms with E-state index in [0.29, 0.717) is 0 Å². The molecular weight excluding hydrogens is 351 g/mol. The Morgan fingerprint density at radius 3 is 1.82 bits per heavy atom. The van der Waals surface area contributed by atoms with Crippen molar-refractivity contribution in [3.8, 4) is 0 Å². The minimum Gasteiger partial charge on any atom is -0.356 e. The van der Waals surface area contributed by atoms with E-state index in [2.05, 4.69) is 39.9 Å². The molecule has 0 aliphatic carbocycles. The van der Waals surface area contributed by atoms with Crippen LogP contribution in [0.5, 0.6) is 0 Å². The van der Waals surface area contributed by atoms with Gasteiger partial charge in [-0.05, 0) is 5.41 Å². The van der Waals surface area contributed by atoms with Crippen molar-refractivity contribution < 1.29 is 42.3 Å². The molecule has 4 heteroatoms. The van der Waals surface area contributed by atoms with Gasteiger partial charge in [0.25, 0.3) is 0 Å². The van der Waals surface area contributed by atoms with E-state index in [-0.39, 0.29) is 61.1 Å². The Hall–Kier alpha value is 0.244. The molecule has 0 saturated heterocycles. The SMILES string of the molecule is [CH2-]C(CC(C)(C)C)C(=O)C(C)(C)C.[CH2-]CCCNC(C)=O.[Y]. The van der Waals surface area contributed by atoms with Crippen LogP contribution in [0.2, 0.25) is 0 Å². The number of rotatable bonds is 5. The first-order valence-corrected chi connectivity index (χ1v) is 7.72. The molecule has 1 radical (unpaired) electrons. The molecule has 129 valence electrons. The van der Waals surface area contributed by atoms with E-state index in [1.807, 2.05) is 20.8 Å². The number of hydrogen-bond donors (Lipinski definition) is 1. The standard InChI is InChI=1S/C12H23O.C6H12NO.Y/c1-9(8-11(2,3)4)10(13)12(5,6)7;1-3-4-5-7-6(2)8;/h9H,1,8H2,2-7H3;1,3-5H2,2H3,(H,7,8);/q2*-1;. The molecule has 0 aromatic carbocycles. The number of nitrogens with one attached hydrogen (secondary N) is 1. The number of carbonyl (C=O) groups excluding carboxylic acids is 2. The molecule has 0 saturated carbocycles. The smallest absolute Gasteiger partial charge is 0.216 e. The van der Waals surface area contributed by atoms with Crippen LogP contribution in [0.1, 0.15) is 67.7 Å². The minimum absolute atomic E-state index is 0. The fourth-order valence-electron chi connectivity index (χ4n) is 1.83. The topological polar surface area (TPSA) is 46.2 Å².